The molecule has 0 saturated heterocycles. The van der Waals surface area contributed by atoms with Gasteiger partial charge in [-0.05, 0) is 12.1 Å². The minimum atomic E-state index is -0.314. The van der Waals surface area contributed by atoms with E-state index in [1.165, 1.54) is 5.56 Å². The Morgan fingerprint density at radius 1 is 1.00 bits per heavy atom. The van der Waals surface area contributed by atoms with Crippen molar-refractivity contribution < 1.29 is 4.92 Å². The number of hydrogen-bond acceptors (Lipinski definition) is 3. The zero-order valence-corrected chi connectivity index (χ0v) is 11.5. The van der Waals surface area contributed by atoms with Crippen LogP contribution in [0, 0.1) is 10.1 Å². The smallest absolute Gasteiger partial charge is 0.273 e. The van der Waals surface area contributed by atoms with Crippen LogP contribution in [0.1, 0.15) is 18.1 Å². The molecule has 0 bridgehead atoms. The lowest BCUT2D eigenvalue weighted by Crippen LogP contribution is -2.22. The van der Waals surface area contributed by atoms with Gasteiger partial charge in [0.2, 0.25) is 0 Å². The predicted octanol–water partition coefficient (Wildman–Crippen LogP) is 3.62. The molecule has 104 valence electrons. The summed E-state index contributed by atoms with van der Waals surface area (Å²) in [6.07, 6.45) is 0. The van der Waals surface area contributed by atoms with E-state index >= 15 is 0 Å². The second-order valence-electron chi connectivity index (χ2n) is 4.67. The van der Waals surface area contributed by atoms with Crippen LogP contribution < -0.4 is 0 Å². The van der Waals surface area contributed by atoms with Gasteiger partial charge in [-0.1, -0.05) is 55.5 Å². The van der Waals surface area contributed by atoms with Gasteiger partial charge in [-0.2, -0.15) is 0 Å². The lowest BCUT2D eigenvalue weighted by atomic mass is 10.1. The van der Waals surface area contributed by atoms with Crippen LogP contribution in [0.5, 0.6) is 0 Å². The molecule has 0 spiro atoms. The van der Waals surface area contributed by atoms with Crippen LogP contribution in [-0.2, 0) is 13.1 Å². The Labute approximate surface area is 118 Å². The molecule has 2 aromatic carbocycles. The second-order valence-corrected chi connectivity index (χ2v) is 4.67. The molecular formula is C16H18N2O2. The molecule has 0 heterocycles. The van der Waals surface area contributed by atoms with Crippen molar-refractivity contribution in [1.29, 1.82) is 0 Å². The van der Waals surface area contributed by atoms with E-state index in [1.54, 1.807) is 12.1 Å². The first-order valence-electron chi connectivity index (χ1n) is 6.69. The minimum absolute atomic E-state index is 0.194. The van der Waals surface area contributed by atoms with Crippen molar-refractivity contribution in [3.63, 3.8) is 0 Å². The third kappa shape index (κ3) is 3.65. The third-order valence-electron chi connectivity index (χ3n) is 3.28. The van der Waals surface area contributed by atoms with Crippen LogP contribution in [-0.4, -0.2) is 16.4 Å². The Bertz CT molecular complexity index is 570. The van der Waals surface area contributed by atoms with Crippen molar-refractivity contribution in [1.82, 2.24) is 4.90 Å². The van der Waals surface area contributed by atoms with Gasteiger partial charge in [0.05, 0.1) is 4.92 Å². The fourth-order valence-electron chi connectivity index (χ4n) is 2.18. The van der Waals surface area contributed by atoms with Crippen molar-refractivity contribution >= 4 is 5.69 Å². The molecule has 0 atom stereocenters. The summed E-state index contributed by atoms with van der Waals surface area (Å²) in [6.45, 7) is 4.30. The monoisotopic (exact) mass is 270 g/mol. The van der Waals surface area contributed by atoms with E-state index in [2.05, 4.69) is 24.0 Å². The van der Waals surface area contributed by atoms with E-state index in [4.69, 9.17) is 0 Å². The normalized spacial score (nSPS) is 10.7. The first-order chi connectivity index (χ1) is 9.70. The fraction of sp³-hybridized carbons (Fsp3) is 0.250. The van der Waals surface area contributed by atoms with Gasteiger partial charge in [0.1, 0.15) is 0 Å². The highest BCUT2D eigenvalue weighted by Gasteiger charge is 2.15. The van der Waals surface area contributed by atoms with Gasteiger partial charge in [0, 0.05) is 24.7 Å². The van der Waals surface area contributed by atoms with Crippen LogP contribution in [0.2, 0.25) is 0 Å². The molecule has 0 aromatic heterocycles. The van der Waals surface area contributed by atoms with E-state index in [0.29, 0.717) is 6.54 Å². The van der Waals surface area contributed by atoms with Gasteiger partial charge in [-0.25, -0.2) is 0 Å². The Balaban J connectivity index is 2.13. The SMILES string of the molecule is CCN(Cc1ccccc1)Cc1ccccc1[N+](=O)[O-]. The summed E-state index contributed by atoms with van der Waals surface area (Å²) in [5.41, 5.74) is 2.17. The van der Waals surface area contributed by atoms with Gasteiger partial charge in [-0.15, -0.1) is 0 Å². The Kier molecular flexibility index (Phi) is 4.85. The zero-order valence-electron chi connectivity index (χ0n) is 11.5. The number of nitrogens with zero attached hydrogens (tertiary/aromatic N) is 2. The number of hydrogen-bond donors (Lipinski definition) is 0. The zero-order chi connectivity index (χ0) is 14.4. The van der Waals surface area contributed by atoms with Crippen molar-refractivity contribution in [2.24, 2.45) is 0 Å². The molecular weight excluding hydrogens is 252 g/mol. The molecule has 0 aliphatic rings. The topological polar surface area (TPSA) is 46.4 Å². The minimum Gasteiger partial charge on any atom is -0.295 e. The van der Waals surface area contributed by atoms with Gasteiger partial charge >= 0.3 is 0 Å². The number of benzene rings is 2. The molecule has 0 amide bonds. The second kappa shape index (κ2) is 6.82. The van der Waals surface area contributed by atoms with Crippen LogP contribution in [0.15, 0.2) is 54.6 Å². The molecule has 2 aromatic rings. The molecule has 4 nitrogen and oxygen atoms in total. The maximum Gasteiger partial charge on any atom is 0.273 e. The van der Waals surface area contributed by atoms with Gasteiger partial charge in [0.25, 0.3) is 5.69 Å². The standard InChI is InChI=1S/C16H18N2O2/c1-2-17(12-14-8-4-3-5-9-14)13-15-10-6-7-11-16(15)18(19)20/h3-11H,2,12-13H2,1H3. The van der Waals surface area contributed by atoms with E-state index in [1.807, 2.05) is 30.3 Å². The van der Waals surface area contributed by atoms with Crippen LogP contribution in [0.4, 0.5) is 5.69 Å². The quantitative estimate of drug-likeness (QED) is 0.595. The lowest BCUT2D eigenvalue weighted by Gasteiger charge is -2.20. The molecule has 0 fully saturated rings. The molecule has 0 radical (unpaired) electrons. The van der Waals surface area contributed by atoms with E-state index in [-0.39, 0.29) is 10.6 Å². The maximum atomic E-state index is 11.0. The summed E-state index contributed by atoms with van der Waals surface area (Å²) in [7, 11) is 0. The van der Waals surface area contributed by atoms with Crippen molar-refractivity contribution in [2.45, 2.75) is 20.0 Å². The lowest BCUT2D eigenvalue weighted by molar-refractivity contribution is -0.385. The predicted molar refractivity (Wildman–Crippen MR) is 79.3 cm³/mol. The summed E-state index contributed by atoms with van der Waals surface area (Å²) in [5, 5.41) is 11.0. The Morgan fingerprint density at radius 3 is 2.30 bits per heavy atom. The van der Waals surface area contributed by atoms with Gasteiger partial charge in [0.15, 0.2) is 0 Å². The highest BCUT2D eigenvalue weighted by atomic mass is 16.6. The average Bonchev–Trinajstić information content (AvgIpc) is 2.48. The first kappa shape index (κ1) is 14.2. The number of nitro benzene ring substituents is 1. The number of nitro groups is 1. The molecule has 0 N–H and O–H groups in total. The maximum absolute atomic E-state index is 11.0. The molecule has 0 aliphatic carbocycles. The highest BCUT2D eigenvalue weighted by Crippen LogP contribution is 2.20. The summed E-state index contributed by atoms with van der Waals surface area (Å²) >= 11 is 0. The molecule has 0 saturated carbocycles. The highest BCUT2D eigenvalue weighted by molar-refractivity contribution is 5.39. The number of para-hydroxylation sites is 1. The fourth-order valence-corrected chi connectivity index (χ4v) is 2.18. The van der Waals surface area contributed by atoms with Gasteiger partial charge in [-0.3, -0.25) is 15.0 Å². The van der Waals surface area contributed by atoms with Crippen LogP contribution in [0.3, 0.4) is 0 Å². The third-order valence-corrected chi connectivity index (χ3v) is 3.28. The van der Waals surface area contributed by atoms with Crippen LogP contribution in [0.25, 0.3) is 0 Å². The summed E-state index contributed by atoms with van der Waals surface area (Å²) in [6, 6.07) is 17.1. The number of rotatable bonds is 6. The summed E-state index contributed by atoms with van der Waals surface area (Å²) < 4.78 is 0. The van der Waals surface area contributed by atoms with E-state index in [0.717, 1.165) is 18.7 Å². The van der Waals surface area contributed by atoms with E-state index < -0.39 is 0 Å². The van der Waals surface area contributed by atoms with Gasteiger partial charge < -0.3 is 0 Å². The molecule has 20 heavy (non-hydrogen) atoms. The molecule has 0 aliphatic heterocycles. The molecule has 2 rings (SSSR count). The summed E-state index contributed by atoms with van der Waals surface area (Å²) in [5.74, 6) is 0. The molecule has 4 heteroatoms. The molecule has 0 unspecified atom stereocenters. The largest absolute Gasteiger partial charge is 0.295 e. The van der Waals surface area contributed by atoms with Crippen LogP contribution >= 0.6 is 0 Å². The average molecular weight is 270 g/mol. The van der Waals surface area contributed by atoms with Crippen molar-refractivity contribution in [2.75, 3.05) is 6.54 Å². The van der Waals surface area contributed by atoms with E-state index in [9.17, 15) is 10.1 Å². The van der Waals surface area contributed by atoms with Crippen molar-refractivity contribution in [3.8, 4) is 0 Å². The Hall–Kier alpha value is -2.20. The Morgan fingerprint density at radius 2 is 1.65 bits per heavy atom. The van der Waals surface area contributed by atoms with Crippen molar-refractivity contribution in [3.05, 3.63) is 75.8 Å². The summed E-state index contributed by atoms with van der Waals surface area (Å²) in [4.78, 5) is 12.9. The first-order valence-corrected chi connectivity index (χ1v) is 6.69.